The molecule has 0 saturated carbocycles. The summed E-state index contributed by atoms with van der Waals surface area (Å²) in [5.74, 6) is 0.430. The summed E-state index contributed by atoms with van der Waals surface area (Å²) in [5, 5.41) is 9.72. The van der Waals surface area contributed by atoms with E-state index in [1.54, 1.807) is 30.3 Å². The SMILES string of the molecule is CC[C@H](O)c1ccc(OCc2cccc(OC)c2F)cc1. The van der Waals surface area contributed by atoms with Crippen molar-refractivity contribution in [3.63, 3.8) is 0 Å². The van der Waals surface area contributed by atoms with E-state index in [1.165, 1.54) is 7.11 Å². The van der Waals surface area contributed by atoms with Crippen LogP contribution in [0.25, 0.3) is 0 Å². The first-order chi connectivity index (χ1) is 10.2. The van der Waals surface area contributed by atoms with Crippen molar-refractivity contribution in [2.24, 2.45) is 0 Å². The summed E-state index contributed by atoms with van der Waals surface area (Å²) >= 11 is 0. The van der Waals surface area contributed by atoms with Gasteiger partial charge in [0, 0.05) is 5.56 Å². The van der Waals surface area contributed by atoms with E-state index in [0.717, 1.165) is 5.56 Å². The van der Waals surface area contributed by atoms with Gasteiger partial charge in [-0.3, -0.25) is 0 Å². The highest BCUT2D eigenvalue weighted by Gasteiger charge is 2.09. The second kappa shape index (κ2) is 7.09. The fourth-order valence-electron chi connectivity index (χ4n) is 2.01. The number of hydrogen-bond acceptors (Lipinski definition) is 3. The lowest BCUT2D eigenvalue weighted by molar-refractivity contribution is 0.173. The van der Waals surface area contributed by atoms with Crippen molar-refractivity contribution in [3.8, 4) is 11.5 Å². The van der Waals surface area contributed by atoms with Gasteiger partial charge < -0.3 is 14.6 Å². The van der Waals surface area contributed by atoms with Crippen molar-refractivity contribution in [1.82, 2.24) is 0 Å². The predicted molar refractivity (Wildman–Crippen MR) is 79.0 cm³/mol. The Labute approximate surface area is 124 Å². The predicted octanol–water partition coefficient (Wildman–Crippen LogP) is 3.86. The van der Waals surface area contributed by atoms with E-state index >= 15 is 0 Å². The summed E-state index contributed by atoms with van der Waals surface area (Å²) in [6, 6.07) is 12.1. The lowest BCUT2D eigenvalue weighted by Crippen LogP contribution is -2.01. The maximum absolute atomic E-state index is 14.0. The zero-order chi connectivity index (χ0) is 15.2. The second-order valence-electron chi connectivity index (χ2n) is 4.72. The molecule has 0 amide bonds. The van der Waals surface area contributed by atoms with Gasteiger partial charge in [-0.15, -0.1) is 0 Å². The largest absolute Gasteiger partial charge is 0.494 e. The standard InChI is InChI=1S/C17H19FO3/c1-3-15(19)12-7-9-14(10-8-12)21-11-13-5-4-6-16(20-2)17(13)18/h4-10,15,19H,3,11H2,1-2H3/t15-/m0/s1. The lowest BCUT2D eigenvalue weighted by atomic mass is 10.1. The monoisotopic (exact) mass is 290 g/mol. The molecule has 0 radical (unpaired) electrons. The molecule has 0 saturated heterocycles. The van der Waals surface area contributed by atoms with Crippen LogP contribution in [-0.4, -0.2) is 12.2 Å². The van der Waals surface area contributed by atoms with Crippen LogP contribution < -0.4 is 9.47 Å². The Bertz CT molecular complexity index is 581. The van der Waals surface area contributed by atoms with E-state index in [1.807, 2.05) is 19.1 Å². The van der Waals surface area contributed by atoms with Crippen LogP contribution in [0.4, 0.5) is 4.39 Å². The van der Waals surface area contributed by atoms with Crippen LogP contribution in [0.3, 0.4) is 0 Å². The van der Waals surface area contributed by atoms with Gasteiger partial charge >= 0.3 is 0 Å². The number of halogens is 1. The normalized spacial score (nSPS) is 12.0. The van der Waals surface area contributed by atoms with Crippen molar-refractivity contribution < 1.29 is 19.0 Å². The molecule has 0 heterocycles. The minimum absolute atomic E-state index is 0.124. The Morgan fingerprint density at radius 2 is 1.86 bits per heavy atom. The number of methoxy groups -OCH3 is 1. The minimum Gasteiger partial charge on any atom is -0.494 e. The van der Waals surface area contributed by atoms with Crippen LogP contribution in [0.15, 0.2) is 42.5 Å². The van der Waals surface area contributed by atoms with Crippen LogP contribution >= 0.6 is 0 Å². The quantitative estimate of drug-likeness (QED) is 0.878. The molecule has 3 nitrogen and oxygen atoms in total. The third kappa shape index (κ3) is 3.73. The second-order valence-corrected chi connectivity index (χ2v) is 4.72. The van der Waals surface area contributed by atoms with Crippen molar-refractivity contribution in [3.05, 3.63) is 59.4 Å². The van der Waals surface area contributed by atoms with E-state index in [-0.39, 0.29) is 12.4 Å². The number of benzene rings is 2. The van der Waals surface area contributed by atoms with Gasteiger partial charge in [0.25, 0.3) is 0 Å². The average Bonchev–Trinajstić information content (AvgIpc) is 2.53. The van der Waals surface area contributed by atoms with Crippen molar-refractivity contribution in [2.75, 3.05) is 7.11 Å². The molecule has 0 aromatic heterocycles. The summed E-state index contributed by atoms with van der Waals surface area (Å²) in [7, 11) is 1.43. The smallest absolute Gasteiger partial charge is 0.171 e. The average molecular weight is 290 g/mol. The van der Waals surface area contributed by atoms with Gasteiger partial charge in [0.2, 0.25) is 0 Å². The molecule has 112 valence electrons. The van der Waals surface area contributed by atoms with Crippen LogP contribution in [0.5, 0.6) is 11.5 Å². The van der Waals surface area contributed by atoms with Crippen molar-refractivity contribution in [1.29, 1.82) is 0 Å². The van der Waals surface area contributed by atoms with Crippen molar-refractivity contribution >= 4 is 0 Å². The number of aliphatic hydroxyl groups is 1. The Hall–Kier alpha value is -2.07. The summed E-state index contributed by atoms with van der Waals surface area (Å²) < 4.78 is 24.5. The number of ether oxygens (including phenoxy) is 2. The molecular formula is C17H19FO3. The molecule has 2 aromatic rings. The lowest BCUT2D eigenvalue weighted by Gasteiger charge is -2.11. The molecule has 0 aliphatic heterocycles. The Morgan fingerprint density at radius 1 is 1.14 bits per heavy atom. The van der Waals surface area contributed by atoms with Gasteiger partial charge in [0.05, 0.1) is 13.2 Å². The number of rotatable bonds is 6. The molecule has 4 heteroatoms. The zero-order valence-electron chi connectivity index (χ0n) is 12.2. The highest BCUT2D eigenvalue weighted by Crippen LogP contribution is 2.23. The Balaban J connectivity index is 2.03. The van der Waals surface area contributed by atoms with Crippen LogP contribution in [0.1, 0.15) is 30.6 Å². The Kier molecular flexibility index (Phi) is 5.17. The minimum atomic E-state index is -0.463. The maximum Gasteiger partial charge on any atom is 0.171 e. The third-order valence-corrected chi connectivity index (χ3v) is 3.31. The highest BCUT2D eigenvalue weighted by molar-refractivity contribution is 5.32. The summed E-state index contributed by atoms with van der Waals surface area (Å²) in [6.45, 7) is 2.04. The van der Waals surface area contributed by atoms with E-state index < -0.39 is 11.9 Å². The first-order valence-corrected chi connectivity index (χ1v) is 6.88. The molecule has 0 bridgehead atoms. The molecular weight excluding hydrogens is 271 g/mol. The number of aliphatic hydroxyl groups excluding tert-OH is 1. The van der Waals surface area contributed by atoms with E-state index in [4.69, 9.17) is 9.47 Å². The first kappa shape index (κ1) is 15.3. The Morgan fingerprint density at radius 3 is 2.48 bits per heavy atom. The fraction of sp³-hybridized carbons (Fsp3) is 0.294. The summed E-state index contributed by atoms with van der Waals surface area (Å²) in [6.07, 6.45) is 0.199. The summed E-state index contributed by atoms with van der Waals surface area (Å²) in [4.78, 5) is 0. The van der Waals surface area contributed by atoms with Crippen LogP contribution in [0.2, 0.25) is 0 Å². The van der Waals surface area contributed by atoms with Gasteiger partial charge in [-0.2, -0.15) is 0 Å². The molecule has 0 aliphatic rings. The summed E-state index contributed by atoms with van der Waals surface area (Å²) in [5.41, 5.74) is 1.28. The highest BCUT2D eigenvalue weighted by atomic mass is 19.1. The molecule has 2 rings (SSSR count). The molecule has 2 aromatic carbocycles. The third-order valence-electron chi connectivity index (χ3n) is 3.31. The molecule has 0 aliphatic carbocycles. The van der Waals surface area contributed by atoms with E-state index in [9.17, 15) is 9.50 Å². The molecule has 0 unspecified atom stereocenters. The first-order valence-electron chi connectivity index (χ1n) is 6.88. The molecule has 0 fully saturated rings. The van der Waals surface area contributed by atoms with Crippen molar-refractivity contribution in [2.45, 2.75) is 26.1 Å². The molecule has 1 atom stereocenters. The number of hydrogen-bond donors (Lipinski definition) is 1. The maximum atomic E-state index is 14.0. The molecule has 21 heavy (non-hydrogen) atoms. The van der Waals surface area contributed by atoms with Gasteiger partial charge in [0.15, 0.2) is 11.6 Å². The van der Waals surface area contributed by atoms with Gasteiger partial charge in [0.1, 0.15) is 12.4 Å². The van der Waals surface area contributed by atoms with E-state index in [0.29, 0.717) is 17.7 Å². The van der Waals surface area contributed by atoms with Gasteiger partial charge in [-0.25, -0.2) is 4.39 Å². The van der Waals surface area contributed by atoms with Crippen LogP contribution in [0, 0.1) is 5.82 Å². The fourth-order valence-corrected chi connectivity index (χ4v) is 2.01. The topological polar surface area (TPSA) is 38.7 Å². The van der Waals surface area contributed by atoms with E-state index in [2.05, 4.69) is 0 Å². The molecule has 1 N–H and O–H groups in total. The zero-order valence-corrected chi connectivity index (χ0v) is 12.2. The van der Waals surface area contributed by atoms with Gasteiger partial charge in [-0.05, 0) is 30.2 Å². The molecule has 0 spiro atoms. The van der Waals surface area contributed by atoms with Gasteiger partial charge in [-0.1, -0.05) is 31.2 Å². The van der Waals surface area contributed by atoms with Crippen LogP contribution in [-0.2, 0) is 6.61 Å².